The lowest BCUT2D eigenvalue weighted by Gasteiger charge is -2.17. The van der Waals surface area contributed by atoms with Crippen LogP contribution in [0.3, 0.4) is 0 Å². The fraction of sp³-hybridized carbons (Fsp3) is 0.643. The Morgan fingerprint density at radius 2 is 2.00 bits per heavy atom. The Labute approximate surface area is 99.4 Å². The maximum Gasteiger partial charge on any atom is 0.334 e. The molecule has 0 aromatic rings. The highest BCUT2D eigenvalue weighted by Crippen LogP contribution is 2.24. The van der Waals surface area contributed by atoms with Gasteiger partial charge in [-0.25, -0.2) is 4.79 Å². The zero-order valence-corrected chi connectivity index (χ0v) is 11.0. The van der Waals surface area contributed by atoms with Crippen molar-refractivity contribution < 1.29 is 9.53 Å². The molecule has 0 aliphatic carbocycles. The number of hydrogen-bond acceptors (Lipinski definition) is 2. The van der Waals surface area contributed by atoms with E-state index in [1.54, 1.807) is 6.08 Å². The molecule has 0 aromatic heterocycles. The van der Waals surface area contributed by atoms with Gasteiger partial charge < -0.3 is 4.74 Å². The van der Waals surface area contributed by atoms with Gasteiger partial charge in [0.15, 0.2) is 0 Å². The maximum absolute atomic E-state index is 11.8. The molecular weight excluding hydrogens is 200 g/mol. The minimum Gasteiger partial charge on any atom is -0.463 e. The normalized spacial score (nSPS) is 14.0. The van der Waals surface area contributed by atoms with Gasteiger partial charge in [-0.2, -0.15) is 0 Å². The van der Waals surface area contributed by atoms with E-state index in [1.807, 2.05) is 6.92 Å². The van der Waals surface area contributed by atoms with Crippen LogP contribution in [0.15, 0.2) is 23.8 Å². The average Bonchev–Trinajstić information content (AvgIpc) is 2.28. The third-order valence-electron chi connectivity index (χ3n) is 2.85. The van der Waals surface area contributed by atoms with Crippen molar-refractivity contribution in [1.82, 2.24) is 0 Å². The molecule has 0 spiro atoms. The lowest BCUT2D eigenvalue weighted by atomic mass is 9.90. The smallest absolute Gasteiger partial charge is 0.334 e. The monoisotopic (exact) mass is 224 g/mol. The topological polar surface area (TPSA) is 26.3 Å². The van der Waals surface area contributed by atoms with Crippen LogP contribution in [0.25, 0.3) is 0 Å². The van der Waals surface area contributed by atoms with Gasteiger partial charge in [0.1, 0.15) is 0 Å². The van der Waals surface area contributed by atoms with Gasteiger partial charge in [0.25, 0.3) is 0 Å². The molecule has 0 fully saturated rings. The number of ether oxygens (including phenoxy) is 1. The molecule has 0 radical (unpaired) electrons. The van der Waals surface area contributed by atoms with Gasteiger partial charge in [-0.05, 0) is 32.1 Å². The molecule has 92 valence electrons. The lowest BCUT2D eigenvalue weighted by molar-refractivity contribution is -0.138. The van der Waals surface area contributed by atoms with Crippen LogP contribution in [0.5, 0.6) is 0 Å². The number of esters is 1. The van der Waals surface area contributed by atoms with Crippen LogP contribution in [0.2, 0.25) is 0 Å². The minimum atomic E-state index is -0.181. The SMILES string of the molecule is C=CC/C(C(=O)OCC)=C(\CC)C(C)CC. The highest BCUT2D eigenvalue weighted by Gasteiger charge is 2.17. The van der Waals surface area contributed by atoms with Gasteiger partial charge in [0.2, 0.25) is 0 Å². The number of carbonyl (C=O) groups excluding carboxylic acids is 1. The molecule has 0 aliphatic heterocycles. The van der Waals surface area contributed by atoms with Crippen LogP contribution in [0.4, 0.5) is 0 Å². The largest absolute Gasteiger partial charge is 0.463 e. The standard InChI is InChI=1S/C14H24O2/c1-6-10-13(14(15)16-9-4)12(8-3)11(5)7-2/h6,11H,1,7-10H2,2-5H3/b13-12-. The van der Waals surface area contributed by atoms with Crippen molar-refractivity contribution in [3.8, 4) is 0 Å². The first kappa shape index (κ1) is 14.9. The van der Waals surface area contributed by atoms with Crippen molar-refractivity contribution in [3.63, 3.8) is 0 Å². The molecule has 0 aromatic carbocycles. The number of carbonyl (C=O) groups is 1. The Morgan fingerprint density at radius 1 is 1.38 bits per heavy atom. The van der Waals surface area contributed by atoms with Crippen LogP contribution in [-0.2, 0) is 9.53 Å². The summed E-state index contributed by atoms with van der Waals surface area (Å²) in [5.41, 5.74) is 2.01. The van der Waals surface area contributed by atoms with Crippen molar-refractivity contribution in [2.45, 2.75) is 47.0 Å². The summed E-state index contributed by atoms with van der Waals surface area (Å²) in [7, 11) is 0. The van der Waals surface area contributed by atoms with Gasteiger partial charge in [-0.3, -0.25) is 0 Å². The predicted octanol–water partition coefficient (Wildman–Crippen LogP) is 3.88. The molecule has 0 amide bonds. The third kappa shape index (κ3) is 4.21. The van der Waals surface area contributed by atoms with Gasteiger partial charge >= 0.3 is 5.97 Å². The molecule has 0 aliphatic rings. The molecule has 0 N–H and O–H groups in total. The molecular formula is C14H24O2. The molecule has 0 bridgehead atoms. The van der Waals surface area contributed by atoms with Crippen molar-refractivity contribution in [2.75, 3.05) is 6.61 Å². The molecule has 1 atom stereocenters. The van der Waals surface area contributed by atoms with Gasteiger partial charge in [-0.1, -0.05) is 32.4 Å². The third-order valence-corrected chi connectivity index (χ3v) is 2.85. The van der Waals surface area contributed by atoms with Crippen LogP contribution in [0.1, 0.15) is 47.0 Å². The Balaban J connectivity index is 5.13. The second-order valence-electron chi connectivity index (χ2n) is 3.88. The summed E-state index contributed by atoms with van der Waals surface area (Å²) < 4.78 is 5.09. The van der Waals surface area contributed by atoms with E-state index in [1.165, 1.54) is 5.57 Å². The first-order chi connectivity index (χ1) is 7.62. The highest BCUT2D eigenvalue weighted by atomic mass is 16.5. The minimum absolute atomic E-state index is 0.181. The van der Waals surface area contributed by atoms with Gasteiger partial charge in [0.05, 0.1) is 6.61 Å². The van der Waals surface area contributed by atoms with Gasteiger partial charge in [-0.15, -0.1) is 6.58 Å². The summed E-state index contributed by atoms with van der Waals surface area (Å²) in [4.78, 5) is 11.8. The van der Waals surface area contributed by atoms with Crippen LogP contribution in [-0.4, -0.2) is 12.6 Å². The van der Waals surface area contributed by atoms with Gasteiger partial charge in [0, 0.05) is 5.57 Å². The fourth-order valence-electron chi connectivity index (χ4n) is 1.81. The van der Waals surface area contributed by atoms with E-state index in [2.05, 4.69) is 27.4 Å². The first-order valence-corrected chi connectivity index (χ1v) is 6.12. The summed E-state index contributed by atoms with van der Waals surface area (Å²) in [6.45, 7) is 12.3. The summed E-state index contributed by atoms with van der Waals surface area (Å²) in [6, 6.07) is 0. The van der Waals surface area contributed by atoms with Crippen LogP contribution in [0, 0.1) is 5.92 Å². The number of rotatable bonds is 7. The van der Waals surface area contributed by atoms with Crippen molar-refractivity contribution in [2.24, 2.45) is 5.92 Å². The zero-order valence-electron chi connectivity index (χ0n) is 11.0. The molecule has 0 saturated heterocycles. The van der Waals surface area contributed by atoms with Crippen molar-refractivity contribution in [3.05, 3.63) is 23.8 Å². The first-order valence-electron chi connectivity index (χ1n) is 6.12. The lowest BCUT2D eigenvalue weighted by Crippen LogP contribution is -2.13. The van der Waals surface area contributed by atoms with E-state index < -0.39 is 0 Å². The molecule has 16 heavy (non-hydrogen) atoms. The van der Waals surface area contributed by atoms with E-state index in [9.17, 15) is 4.79 Å². The quantitative estimate of drug-likeness (QED) is 0.373. The van der Waals surface area contributed by atoms with Crippen LogP contribution < -0.4 is 0 Å². The average molecular weight is 224 g/mol. The summed E-state index contributed by atoms with van der Waals surface area (Å²) in [5, 5.41) is 0. The van der Waals surface area contributed by atoms with Crippen LogP contribution >= 0.6 is 0 Å². The Bertz CT molecular complexity index is 264. The van der Waals surface area contributed by atoms with E-state index in [0.717, 1.165) is 18.4 Å². The summed E-state index contributed by atoms with van der Waals surface area (Å²) >= 11 is 0. The van der Waals surface area contributed by atoms with E-state index in [4.69, 9.17) is 4.74 Å². The van der Waals surface area contributed by atoms with E-state index in [0.29, 0.717) is 18.9 Å². The van der Waals surface area contributed by atoms with E-state index >= 15 is 0 Å². The molecule has 1 unspecified atom stereocenters. The van der Waals surface area contributed by atoms with Crippen molar-refractivity contribution >= 4 is 5.97 Å². The molecule has 0 rings (SSSR count). The molecule has 2 heteroatoms. The molecule has 2 nitrogen and oxygen atoms in total. The molecule has 0 heterocycles. The second kappa shape index (κ2) is 8.14. The highest BCUT2D eigenvalue weighted by molar-refractivity contribution is 5.89. The predicted molar refractivity (Wildman–Crippen MR) is 68.2 cm³/mol. The maximum atomic E-state index is 11.8. The number of hydrogen-bond donors (Lipinski definition) is 0. The summed E-state index contributed by atoms with van der Waals surface area (Å²) in [6.07, 6.45) is 4.32. The van der Waals surface area contributed by atoms with Crippen molar-refractivity contribution in [1.29, 1.82) is 0 Å². The zero-order chi connectivity index (χ0) is 12.6. The number of allylic oxidation sites excluding steroid dienone is 2. The molecule has 0 saturated carbocycles. The fourth-order valence-corrected chi connectivity index (χ4v) is 1.81. The van der Waals surface area contributed by atoms with E-state index in [-0.39, 0.29) is 5.97 Å². The Kier molecular flexibility index (Phi) is 7.61. The Morgan fingerprint density at radius 3 is 2.38 bits per heavy atom. The summed E-state index contributed by atoms with van der Waals surface area (Å²) in [5.74, 6) is 0.254. The Hall–Kier alpha value is -1.05. The second-order valence-corrected chi connectivity index (χ2v) is 3.88.